The lowest BCUT2D eigenvalue weighted by Gasteiger charge is -2.13. The number of thiophene rings is 1. The minimum absolute atomic E-state index is 0.117. The number of carbonyl (C=O) groups excluding carboxylic acids is 1. The summed E-state index contributed by atoms with van der Waals surface area (Å²) in [6.07, 6.45) is 1.46. The summed E-state index contributed by atoms with van der Waals surface area (Å²) in [4.78, 5) is 29.2. The van der Waals surface area contributed by atoms with Crippen molar-refractivity contribution < 1.29 is 4.79 Å². The van der Waals surface area contributed by atoms with Gasteiger partial charge in [0.1, 0.15) is 5.56 Å². The number of amides is 1. The zero-order valence-electron chi connectivity index (χ0n) is 12.0. The Morgan fingerprint density at radius 3 is 2.55 bits per heavy atom. The van der Waals surface area contributed by atoms with Gasteiger partial charge in [0, 0.05) is 27.7 Å². The molecule has 0 aliphatic carbocycles. The third-order valence-electron chi connectivity index (χ3n) is 3.20. The van der Waals surface area contributed by atoms with Gasteiger partial charge < -0.3 is 10.3 Å². The molecule has 2 aromatic heterocycles. The lowest BCUT2D eigenvalue weighted by molar-refractivity contribution is 0.0938. The van der Waals surface area contributed by atoms with Crippen molar-refractivity contribution in [2.45, 2.75) is 33.7 Å². The molecule has 2 rings (SSSR count). The largest absolute Gasteiger partial charge is 0.364 e. The molecule has 0 radical (unpaired) electrons. The van der Waals surface area contributed by atoms with Crippen LogP contribution in [0.1, 0.15) is 44.3 Å². The van der Waals surface area contributed by atoms with Crippen LogP contribution >= 0.6 is 11.3 Å². The van der Waals surface area contributed by atoms with Gasteiger partial charge in [0.15, 0.2) is 5.43 Å². The van der Waals surface area contributed by atoms with Crippen LogP contribution in [-0.2, 0) is 0 Å². The topological polar surface area (TPSA) is 62.0 Å². The number of nitrogens with one attached hydrogen (secondary N) is 2. The fraction of sp³-hybridized carbons (Fsp3) is 0.333. The van der Waals surface area contributed by atoms with Crippen LogP contribution in [0, 0.1) is 20.8 Å². The number of hydrogen-bond donors (Lipinski definition) is 2. The molecule has 1 unspecified atom stereocenters. The van der Waals surface area contributed by atoms with Gasteiger partial charge in [-0.05, 0) is 39.3 Å². The Kier molecular flexibility index (Phi) is 4.09. The van der Waals surface area contributed by atoms with E-state index in [1.165, 1.54) is 22.0 Å². The second-order valence-electron chi connectivity index (χ2n) is 4.96. The number of aryl methyl sites for hydroxylation is 3. The number of pyridine rings is 1. The Bertz CT molecular complexity index is 700. The van der Waals surface area contributed by atoms with Gasteiger partial charge in [-0.25, -0.2) is 0 Å². The molecule has 0 aromatic carbocycles. The monoisotopic (exact) mass is 290 g/mol. The van der Waals surface area contributed by atoms with Gasteiger partial charge in [-0.3, -0.25) is 9.59 Å². The van der Waals surface area contributed by atoms with Crippen molar-refractivity contribution in [2.75, 3.05) is 0 Å². The van der Waals surface area contributed by atoms with E-state index < -0.39 is 0 Å². The van der Waals surface area contributed by atoms with Crippen LogP contribution in [0.3, 0.4) is 0 Å². The van der Waals surface area contributed by atoms with E-state index in [0.29, 0.717) is 0 Å². The van der Waals surface area contributed by atoms with Crippen LogP contribution < -0.4 is 10.7 Å². The fourth-order valence-corrected chi connectivity index (χ4v) is 3.21. The van der Waals surface area contributed by atoms with E-state index in [1.54, 1.807) is 18.3 Å². The third-order valence-corrected chi connectivity index (χ3v) is 4.18. The Hall–Kier alpha value is -1.88. The maximum atomic E-state index is 12.2. The van der Waals surface area contributed by atoms with Gasteiger partial charge in [0.2, 0.25) is 0 Å². The predicted octanol–water partition coefficient (Wildman–Crippen LogP) is 2.85. The molecule has 0 aliphatic heterocycles. The average molecular weight is 290 g/mol. The molecule has 2 aromatic rings. The third kappa shape index (κ3) is 2.99. The van der Waals surface area contributed by atoms with Gasteiger partial charge in [-0.1, -0.05) is 0 Å². The van der Waals surface area contributed by atoms with E-state index in [1.807, 2.05) is 20.8 Å². The molecule has 20 heavy (non-hydrogen) atoms. The highest BCUT2D eigenvalue weighted by atomic mass is 32.1. The van der Waals surface area contributed by atoms with E-state index in [4.69, 9.17) is 0 Å². The van der Waals surface area contributed by atoms with Crippen LogP contribution in [0.2, 0.25) is 0 Å². The van der Waals surface area contributed by atoms with E-state index in [0.717, 1.165) is 11.3 Å². The zero-order chi connectivity index (χ0) is 14.9. The Labute approximate surface area is 121 Å². The van der Waals surface area contributed by atoms with E-state index in [2.05, 4.69) is 16.4 Å². The Morgan fingerprint density at radius 2 is 2.00 bits per heavy atom. The van der Waals surface area contributed by atoms with Crippen LogP contribution in [0.4, 0.5) is 0 Å². The molecule has 0 saturated heterocycles. The number of aromatic nitrogens is 1. The van der Waals surface area contributed by atoms with Gasteiger partial charge >= 0.3 is 0 Å². The maximum Gasteiger partial charge on any atom is 0.257 e. The molecule has 0 bridgehead atoms. The smallest absolute Gasteiger partial charge is 0.257 e. The molecule has 0 aliphatic rings. The first kappa shape index (κ1) is 14.5. The van der Waals surface area contributed by atoms with Crippen molar-refractivity contribution in [1.29, 1.82) is 0 Å². The summed E-state index contributed by atoms with van der Waals surface area (Å²) in [5.41, 5.74) is 1.73. The summed E-state index contributed by atoms with van der Waals surface area (Å²) in [5.74, 6) is -0.345. The van der Waals surface area contributed by atoms with Gasteiger partial charge in [-0.15, -0.1) is 11.3 Å². The highest BCUT2D eigenvalue weighted by Crippen LogP contribution is 2.26. The summed E-state index contributed by atoms with van der Waals surface area (Å²) in [5, 5.41) is 2.87. The SMILES string of the molecule is Cc1cc(=O)c(C(=O)NC(C)c2cc(C)sc2C)c[nH]1. The van der Waals surface area contributed by atoms with Crippen molar-refractivity contribution in [3.63, 3.8) is 0 Å². The molecular formula is C15H18N2O2S. The molecule has 2 N–H and O–H groups in total. The summed E-state index contributed by atoms with van der Waals surface area (Å²) in [7, 11) is 0. The Balaban J connectivity index is 2.19. The standard InChI is InChI=1S/C15H18N2O2S/c1-8-5-14(18)13(7-16-8)15(19)17-10(3)12-6-9(2)20-11(12)4/h5-7,10H,1-4H3,(H,16,18)(H,17,19). The number of hydrogen-bond acceptors (Lipinski definition) is 3. The lowest BCUT2D eigenvalue weighted by Crippen LogP contribution is -2.31. The highest BCUT2D eigenvalue weighted by molar-refractivity contribution is 7.12. The Morgan fingerprint density at radius 1 is 1.30 bits per heavy atom. The molecule has 5 heteroatoms. The van der Waals surface area contributed by atoms with Crippen molar-refractivity contribution in [3.8, 4) is 0 Å². The lowest BCUT2D eigenvalue weighted by atomic mass is 10.1. The minimum Gasteiger partial charge on any atom is -0.364 e. The summed E-state index contributed by atoms with van der Waals surface area (Å²) in [6, 6.07) is 3.39. The van der Waals surface area contributed by atoms with Gasteiger partial charge in [0.25, 0.3) is 5.91 Å². The van der Waals surface area contributed by atoms with Crippen LogP contribution in [0.25, 0.3) is 0 Å². The summed E-state index contributed by atoms with van der Waals surface area (Å²) < 4.78 is 0. The van der Waals surface area contributed by atoms with Crippen LogP contribution in [-0.4, -0.2) is 10.9 Å². The second-order valence-corrected chi connectivity index (χ2v) is 6.42. The molecule has 4 nitrogen and oxygen atoms in total. The van der Waals surface area contributed by atoms with Crippen LogP contribution in [0.15, 0.2) is 23.1 Å². The number of aromatic amines is 1. The highest BCUT2D eigenvalue weighted by Gasteiger charge is 2.16. The van der Waals surface area contributed by atoms with E-state index in [-0.39, 0.29) is 22.9 Å². The average Bonchev–Trinajstić information content (AvgIpc) is 2.68. The molecule has 0 spiro atoms. The molecular weight excluding hydrogens is 272 g/mol. The quantitative estimate of drug-likeness (QED) is 0.913. The van der Waals surface area contributed by atoms with Crippen molar-refractivity contribution in [2.24, 2.45) is 0 Å². The van der Waals surface area contributed by atoms with Gasteiger partial charge in [-0.2, -0.15) is 0 Å². The first-order chi connectivity index (χ1) is 9.38. The number of carbonyl (C=O) groups is 1. The van der Waals surface area contributed by atoms with Crippen LogP contribution in [0.5, 0.6) is 0 Å². The molecule has 1 amide bonds. The number of H-pyrrole nitrogens is 1. The molecule has 0 fully saturated rings. The minimum atomic E-state index is -0.345. The molecule has 106 valence electrons. The first-order valence-corrected chi connectivity index (χ1v) is 7.27. The van der Waals surface area contributed by atoms with E-state index >= 15 is 0 Å². The van der Waals surface area contributed by atoms with Gasteiger partial charge in [0.05, 0.1) is 6.04 Å². The predicted molar refractivity (Wildman–Crippen MR) is 81.5 cm³/mol. The fourth-order valence-electron chi connectivity index (χ4n) is 2.18. The zero-order valence-corrected chi connectivity index (χ0v) is 12.9. The normalized spacial score (nSPS) is 12.2. The second kappa shape index (κ2) is 5.63. The summed E-state index contributed by atoms with van der Waals surface area (Å²) >= 11 is 1.71. The van der Waals surface area contributed by atoms with Crippen molar-refractivity contribution >= 4 is 17.2 Å². The molecule has 2 heterocycles. The molecule has 1 atom stereocenters. The molecule has 0 saturated carbocycles. The number of rotatable bonds is 3. The first-order valence-electron chi connectivity index (χ1n) is 6.45. The summed E-state index contributed by atoms with van der Waals surface area (Å²) in [6.45, 7) is 7.78. The van der Waals surface area contributed by atoms with E-state index in [9.17, 15) is 9.59 Å². The van der Waals surface area contributed by atoms with Crippen molar-refractivity contribution in [1.82, 2.24) is 10.3 Å². The maximum absolute atomic E-state index is 12.2. The van der Waals surface area contributed by atoms with Crippen molar-refractivity contribution in [3.05, 3.63) is 55.1 Å².